The molecule has 6 heteroatoms. The molecular weight excluding hydrogens is 240 g/mol. The van der Waals surface area contributed by atoms with E-state index in [1.807, 2.05) is 17.9 Å². The van der Waals surface area contributed by atoms with Crippen LogP contribution in [0.5, 0.6) is 0 Å². The molecule has 2 aromatic rings. The van der Waals surface area contributed by atoms with Crippen molar-refractivity contribution in [3.63, 3.8) is 0 Å². The largest absolute Gasteiger partial charge is 0.355 e. The van der Waals surface area contributed by atoms with E-state index in [1.54, 1.807) is 6.33 Å². The van der Waals surface area contributed by atoms with Crippen molar-refractivity contribution in [3.05, 3.63) is 12.5 Å². The smallest absolute Gasteiger partial charge is 0.163 e. The Hall–Kier alpha value is -1.69. The van der Waals surface area contributed by atoms with Gasteiger partial charge in [0.25, 0.3) is 0 Å². The van der Waals surface area contributed by atoms with Gasteiger partial charge in [0.1, 0.15) is 12.1 Å². The Morgan fingerprint density at radius 2 is 1.79 bits per heavy atom. The third kappa shape index (κ3) is 1.63. The maximum absolute atomic E-state index is 4.50. The number of anilines is 1. The number of nitrogens with zero attached hydrogens (tertiary/aromatic N) is 6. The summed E-state index contributed by atoms with van der Waals surface area (Å²) < 4.78 is 1.81. The van der Waals surface area contributed by atoms with Gasteiger partial charge in [0.15, 0.2) is 5.65 Å². The second-order valence-corrected chi connectivity index (χ2v) is 5.85. The molecule has 0 saturated carbocycles. The Morgan fingerprint density at radius 1 is 1.05 bits per heavy atom. The van der Waals surface area contributed by atoms with Gasteiger partial charge >= 0.3 is 0 Å². The number of aryl methyl sites for hydroxylation is 1. The van der Waals surface area contributed by atoms with Crippen LogP contribution in [-0.4, -0.2) is 57.9 Å². The molecule has 2 fully saturated rings. The second-order valence-electron chi connectivity index (χ2n) is 5.85. The van der Waals surface area contributed by atoms with E-state index in [1.165, 1.54) is 13.1 Å². The molecule has 0 radical (unpaired) electrons. The van der Waals surface area contributed by atoms with Crippen molar-refractivity contribution in [1.82, 2.24) is 24.6 Å². The molecule has 0 aromatic carbocycles. The third-order valence-corrected chi connectivity index (χ3v) is 4.48. The number of hydrogen-bond donors (Lipinski definition) is 0. The topological polar surface area (TPSA) is 50.1 Å². The monoisotopic (exact) mass is 258 g/mol. The molecule has 6 nitrogen and oxygen atoms in total. The van der Waals surface area contributed by atoms with Crippen LogP contribution in [0.3, 0.4) is 0 Å². The van der Waals surface area contributed by atoms with Crippen LogP contribution >= 0.6 is 0 Å². The molecule has 0 aliphatic carbocycles. The molecule has 0 bridgehead atoms. The molecule has 2 atom stereocenters. The lowest BCUT2D eigenvalue weighted by atomic mass is 10.0. The summed E-state index contributed by atoms with van der Waals surface area (Å²) in [5, 5.41) is 5.36. The van der Waals surface area contributed by atoms with E-state index in [2.05, 4.69) is 31.9 Å². The number of fused-ring (bicyclic) bond motifs is 2. The van der Waals surface area contributed by atoms with Gasteiger partial charge in [0.05, 0.1) is 11.6 Å². The van der Waals surface area contributed by atoms with E-state index in [0.29, 0.717) is 0 Å². The summed E-state index contributed by atoms with van der Waals surface area (Å²) in [6.07, 6.45) is 3.53. The van der Waals surface area contributed by atoms with Crippen LogP contribution in [0, 0.1) is 11.8 Å². The highest BCUT2D eigenvalue weighted by Crippen LogP contribution is 2.34. The summed E-state index contributed by atoms with van der Waals surface area (Å²) >= 11 is 0. The highest BCUT2D eigenvalue weighted by atomic mass is 15.3. The van der Waals surface area contributed by atoms with Crippen molar-refractivity contribution < 1.29 is 0 Å². The van der Waals surface area contributed by atoms with Gasteiger partial charge in [0, 0.05) is 33.2 Å². The minimum Gasteiger partial charge on any atom is -0.355 e. The standard InChI is InChI=1S/C13H18N6/c1-17-4-9-6-19(7-10(9)5-17)13-11-3-16-18(2)12(11)14-8-15-13/h3,8-10H,4-7H2,1-2H3. The Balaban J connectivity index is 1.69. The number of aromatic nitrogens is 4. The van der Waals surface area contributed by atoms with E-state index in [4.69, 9.17) is 0 Å². The van der Waals surface area contributed by atoms with Gasteiger partial charge in [-0.15, -0.1) is 0 Å². The summed E-state index contributed by atoms with van der Waals surface area (Å²) in [6, 6.07) is 0. The van der Waals surface area contributed by atoms with Crippen LogP contribution < -0.4 is 4.90 Å². The molecule has 0 amide bonds. The highest BCUT2D eigenvalue weighted by Gasteiger charge is 2.39. The third-order valence-electron chi connectivity index (χ3n) is 4.48. The van der Waals surface area contributed by atoms with Crippen LogP contribution in [0.25, 0.3) is 11.0 Å². The maximum atomic E-state index is 4.50. The average Bonchev–Trinajstić information content (AvgIpc) is 3.02. The van der Waals surface area contributed by atoms with E-state index >= 15 is 0 Å². The summed E-state index contributed by atoms with van der Waals surface area (Å²) in [5.41, 5.74) is 0.916. The second kappa shape index (κ2) is 3.90. The molecule has 0 spiro atoms. The minimum absolute atomic E-state index is 0.784. The van der Waals surface area contributed by atoms with Crippen LogP contribution in [-0.2, 0) is 7.05 Å². The van der Waals surface area contributed by atoms with Gasteiger partial charge in [-0.25, -0.2) is 9.97 Å². The van der Waals surface area contributed by atoms with Crippen LogP contribution in [0.1, 0.15) is 0 Å². The lowest BCUT2D eigenvalue weighted by Gasteiger charge is -2.20. The van der Waals surface area contributed by atoms with Gasteiger partial charge in [-0.2, -0.15) is 5.10 Å². The van der Waals surface area contributed by atoms with Crippen LogP contribution in [0.15, 0.2) is 12.5 Å². The fourth-order valence-corrected chi connectivity index (χ4v) is 3.60. The predicted octanol–water partition coefficient (Wildman–Crippen LogP) is 0.361. The summed E-state index contributed by atoms with van der Waals surface area (Å²) in [7, 11) is 4.14. The fourth-order valence-electron chi connectivity index (χ4n) is 3.60. The molecule has 2 unspecified atom stereocenters. The Labute approximate surface area is 112 Å². The summed E-state index contributed by atoms with van der Waals surface area (Å²) in [4.78, 5) is 13.7. The molecule has 0 N–H and O–H groups in total. The summed E-state index contributed by atoms with van der Waals surface area (Å²) in [6.45, 7) is 4.64. The van der Waals surface area contributed by atoms with Crippen molar-refractivity contribution in [2.75, 3.05) is 38.1 Å². The maximum Gasteiger partial charge on any atom is 0.163 e. The van der Waals surface area contributed by atoms with Crippen LogP contribution in [0.2, 0.25) is 0 Å². The van der Waals surface area contributed by atoms with E-state index in [-0.39, 0.29) is 0 Å². The zero-order valence-electron chi connectivity index (χ0n) is 11.3. The predicted molar refractivity (Wildman–Crippen MR) is 73.0 cm³/mol. The number of likely N-dealkylation sites (tertiary alicyclic amines) is 1. The fraction of sp³-hybridized carbons (Fsp3) is 0.615. The Kier molecular flexibility index (Phi) is 2.29. The van der Waals surface area contributed by atoms with E-state index in [9.17, 15) is 0 Å². The zero-order chi connectivity index (χ0) is 13.0. The number of hydrogen-bond acceptors (Lipinski definition) is 5. The molecular formula is C13H18N6. The molecule has 2 aliphatic heterocycles. The van der Waals surface area contributed by atoms with Crippen molar-refractivity contribution in [2.24, 2.45) is 18.9 Å². The van der Waals surface area contributed by atoms with Crippen LogP contribution in [0.4, 0.5) is 5.82 Å². The van der Waals surface area contributed by atoms with Crippen molar-refractivity contribution in [2.45, 2.75) is 0 Å². The van der Waals surface area contributed by atoms with Gasteiger partial charge in [-0.1, -0.05) is 0 Å². The molecule has 4 rings (SSSR count). The molecule has 2 aromatic heterocycles. The first-order valence-corrected chi connectivity index (χ1v) is 6.78. The normalized spacial score (nSPS) is 27.4. The SMILES string of the molecule is CN1CC2CN(c3ncnc4c3cnn4C)CC2C1. The molecule has 19 heavy (non-hydrogen) atoms. The first kappa shape index (κ1) is 11.2. The minimum atomic E-state index is 0.784. The summed E-state index contributed by atoms with van der Waals surface area (Å²) in [5.74, 6) is 2.62. The molecule has 4 heterocycles. The molecule has 100 valence electrons. The molecule has 2 saturated heterocycles. The lowest BCUT2D eigenvalue weighted by molar-refractivity contribution is 0.387. The molecule has 2 aliphatic rings. The highest BCUT2D eigenvalue weighted by molar-refractivity contribution is 5.86. The van der Waals surface area contributed by atoms with Gasteiger partial charge < -0.3 is 9.80 Å². The first-order valence-electron chi connectivity index (χ1n) is 6.78. The lowest BCUT2D eigenvalue weighted by Crippen LogP contribution is -2.27. The average molecular weight is 258 g/mol. The van der Waals surface area contributed by atoms with Crippen molar-refractivity contribution in [1.29, 1.82) is 0 Å². The Bertz CT molecular complexity index is 607. The Morgan fingerprint density at radius 3 is 2.53 bits per heavy atom. The zero-order valence-corrected chi connectivity index (χ0v) is 11.3. The van der Waals surface area contributed by atoms with Crippen molar-refractivity contribution >= 4 is 16.9 Å². The quantitative estimate of drug-likeness (QED) is 0.739. The van der Waals surface area contributed by atoms with E-state index in [0.717, 1.165) is 41.8 Å². The first-order chi connectivity index (χ1) is 9.22. The van der Waals surface area contributed by atoms with Gasteiger partial charge in [-0.05, 0) is 18.9 Å². The van der Waals surface area contributed by atoms with E-state index < -0.39 is 0 Å². The van der Waals surface area contributed by atoms with Crippen molar-refractivity contribution in [3.8, 4) is 0 Å². The van der Waals surface area contributed by atoms with Gasteiger partial charge in [-0.3, -0.25) is 4.68 Å². The number of rotatable bonds is 1. The van der Waals surface area contributed by atoms with Gasteiger partial charge in [0.2, 0.25) is 0 Å².